The molecule has 0 aliphatic rings. The smallest absolute Gasteiger partial charge is 0.0899 e. The van der Waals surface area contributed by atoms with E-state index in [2.05, 4.69) is 0 Å². The zero-order valence-corrected chi connectivity index (χ0v) is 7.72. The van der Waals surface area contributed by atoms with E-state index in [-0.39, 0.29) is 10.5 Å². The minimum Gasteiger partial charge on any atom is -0.572 e. The van der Waals surface area contributed by atoms with E-state index in [9.17, 15) is 5.21 Å². The van der Waals surface area contributed by atoms with Crippen LogP contribution in [-0.2, 0) is 0 Å². The fraction of sp³-hybridized carbons (Fsp3) is 1.00. The molecular formula is C7H17N3O. The summed E-state index contributed by atoms with van der Waals surface area (Å²) in [6, 6.07) is 0. The van der Waals surface area contributed by atoms with Crippen LogP contribution in [-0.4, -0.2) is 22.1 Å². The quantitative estimate of drug-likeness (QED) is 0.389. The summed E-state index contributed by atoms with van der Waals surface area (Å²) in [4.78, 5) is 0.170. The minimum atomic E-state index is -0.250. The first-order valence-electron chi connectivity index (χ1n) is 3.85. The van der Waals surface area contributed by atoms with Crippen LogP contribution in [0.5, 0.6) is 0 Å². The van der Waals surface area contributed by atoms with Crippen molar-refractivity contribution in [2.24, 2.45) is 0 Å². The molecule has 0 heterocycles. The molecular weight excluding hydrogens is 142 g/mol. The highest BCUT2D eigenvalue weighted by molar-refractivity contribution is 4.68. The molecule has 0 rings (SSSR count). The molecule has 4 heteroatoms. The van der Waals surface area contributed by atoms with E-state index in [0.717, 1.165) is 6.42 Å². The third-order valence-corrected chi connectivity index (χ3v) is 1.43. The predicted octanol–water partition coefficient (Wildman–Crippen LogP) is 1.95. The van der Waals surface area contributed by atoms with E-state index in [1.165, 1.54) is 5.01 Å². The van der Waals surface area contributed by atoms with E-state index in [4.69, 9.17) is 5.53 Å². The molecule has 0 aliphatic heterocycles. The molecule has 0 saturated heterocycles. The van der Waals surface area contributed by atoms with Gasteiger partial charge in [0.05, 0.1) is 12.1 Å². The average Bonchev–Trinajstić information content (AvgIpc) is 1.79. The van der Waals surface area contributed by atoms with Gasteiger partial charge in [-0.3, -0.25) is 0 Å². The number of hydrazine groups is 1. The largest absolute Gasteiger partial charge is 0.572 e. The fourth-order valence-electron chi connectivity index (χ4n) is 0.911. The molecule has 0 bridgehead atoms. The van der Waals surface area contributed by atoms with E-state index in [1.54, 1.807) is 0 Å². The third-order valence-electron chi connectivity index (χ3n) is 1.43. The first-order valence-corrected chi connectivity index (χ1v) is 3.85. The van der Waals surface area contributed by atoms with Crippen LogP contribution in [0.1, 0.15) is 34.1 Å². The number of hydrogen-bond acceptors (Lipinski definition) is 2. The Balaban J connectivity index is 4.22. The van der Waals surface area contributed by atoms with Crippen molar-refractivity contribution in [2.75, 3.05) is 6.54 Å². The summed E-state index contributed by atoms with van der Waals surface area (Å²) >= 11 is 0. The van der Waals surface area contributed by atoms with Crippen LogP contribution in [0.2, 0.25) is 0 Å². The van der Waals surface area contributed by atoms with Gasteiger partial charge in [0, 0.05) is 4.97 Å². The lowest BCUT2D eigenvalue weighted by Gasteiger charge is -2.29. The zero-order valence-electron chi connectivity index (χ0n) is 7.72. The molecule has 0 aliphatic carbocycles. The van der Waals surface area contributed by atoms with Gasteiger partial charge in [-0.1, -0.05) is 6.92 Å². The lowest BCUT2D eigenvalue weighted by atomic mass is 10.1. The third kappa shape index (κ3) is 3.20. The topological polar surface area (TPSA) is 53.2 Å². The van der Waals surface area contributed by atoms with Crippen LogP contribution in [0, 0.1) is 10.7 Å². The van der Waals surface area contributed by atoms with Gasteiger partial charge in [0.2, 0.25) is 0 Å². The SMILES string of the molecule is CCCN([N+](=N)[O-])C(C)(C)C. The summed E-state index contributed by atoms with van der Waals surface area (Å²) in [5, 5.41) is 12.2. The van der Waals surface area contributed by atoms with Crippen LogP contribution in [0.4, 0.5) is 0 Å². The van der Waals surface area contributed by atoms with Crippen molar-refractivity contribution in [1.29, 1.82) is 5.53 Å². The van der Waals surface area contributed by atoms with Gasteiger partial charge in [-0.15, -0.1) is 5.01 Å². The normalized spacial score (nSPS) is 11.3. The molecule has 0 radical (unpaired) electrons. The molecule has 0 unspecified atom stereocenters. The van der Waals surface area contributed by atoms with Crippen molar-refractivity contribution < 1.29 is 4.97 Å². The van der Waals surface area contributed by atoms with Crippen LogP contribution < -0.4 is 0 Å². The highest BCUT2D eigenvalue weighted by atomic mass is 16.5. The molecule has 0 aromatic carbocycles. The van der Waals surface area contributed by atoms with Crippen molar-refractivity contribution in [1.82, 2.24) is 5.01 Å². The van der Waals surface area contributed by atoms with Crippen LogP contribution in [0.15, 0.2) is 0 Å². The van der Waals surface area contributed by atoms with Crippen molar-refractivity contribution >= 4 is 0 Å². The molecule has 1 N–H and O–H groups in total. The first kappa shape index (κ1) is 10.2. The zero-order chi connectivity index (χ0) is 9.07. The monoisotopic (exact) mass is 159 g/mol. The van der Waals surface area contributed by atoms with Gasteiger partial charge in [0.1, 0.15) is 0 Å². The molecule has 0 amide bonds. The fourth-order valence-corrected chi connectivity index (χ4v) is 0.911. The van der Waals surface area contributed by atoms with Gasteiger partial charge >= 0.3 is 0 Å². The molecule has 11 heavy (non-hydrogen) atoms. The highest BCUT2D eigenvalue weighted by Gasteiger charge is 2.26. The number of nitrogens with one attached hydrogen (secondary N) is 1. The summed E-state index contributed by atoms with van der Waals surface area (Å²) in [7, 11) is 0. The molecule has 0 fully saturated rings. The molecule has 0 atom stereocenters. The second-order valence-corrected chi connectivity index (χ2v) is 3.57. The minimum absolute atomic E-state index is 0.170. The lowest BCUT2D eigenvalue weighted by Crippen LogP contribution is -2.45. The van der Waals surface area contributed by atoms with Crippen LogP contribution in [0.25, 0.3) is 0 Å². The van der Waals surface area contributed by atoms with Crippen molar-refractivity contribution in [3.8, 4) is 0 Å². The average molecular weight is 159 g/mol. The Bertz CT molecular complexity index is 139. The Morgan fingerprint density at radius 3 is 2.00 bits per heavy atom. The Labute approximate surface area is 67.9 Å². The summed E-state index contributed by atoms with van der Waals surface area (Å²) in [5.41, 5.74) is 6.65. The van der Waals surface area contributed by atoms with Crippen LogP contribution >= 0.6 is 0 Å². The lowest BCUT2D eigenvalue weighted by molar-refractivity contribution is -0.725. The van der Waals surface area contributed by atoms with Crippen molar-refractivity contribution in [3.63, 3.8) is 0 Å². The standard InChI is InChI=1S/C7H17N3O/c1-5-6-9(10(8)11)7(2,3)4/h8H,5-6H2,1-4H3. The van der Waals surface area contributed by atoms with Gasteiger partial charge in [-0.05, 0) is 32.7 Å². The van der Waals surface area contributed by atoms with Crippen molar-refractivity contribution in [2.45, 2.75) is 39.7 Å². The Morgan fingerprint density at radius 2 is 1.91 bits per heavy atom. The summed E-state index contributed by atoms with van der Waals surface area (Å²) in [5.74, 6) is 0. The van der Waals surface area contributed by atoms with E-state index in [0.29, 0.717) is 6.54 Å². The van der Waals surface area contributed by atoms with Gasteiger partial charge in [0.25, 0.3) is 0 Å². The highest BCUT2D eigenvalue weighted by Crippen LogP contribution is 2.12. The van der Waals surface area contributed by atoms with E-state index < -0.39 is 0 Å². The van der Waals surface area contributed by atoms with Gasteiger partial charge in [0.15, 0.2) is 0 Å². The molecule has 0 saturated carbocycles. The van der Waals surface area contributed by atoms with Gasteiger partial charge < -0.3 is 5.21 Å². The van der Waals surface area contributed by atoms with Gasteiger partial charge in [-0.2, -0.15) is 0 Å². The predicted molar refractivity (Wildman–Crippen MR) is 43.1 cm³/mol. The Hall–Kier alpha value is -0.800. The number of hydrogen-bond donors (Lipinski definition) is 1. The molecule has 0 aromatic heterocycles. The summed E-state index contributed by atoms with van der Waals surface area (Å²) in [6.45, 7) is 8.38. The number of nitrogens with zero attached hydrogens (tertiary/aromatic N) is 2. The molecule has 66 valence electrons. The molecule has 0 aromatic rings. The van der Waals surface area contributed by atoms with E-state index in [1.807, 2.05) is 27.7 Å². The molecule has 0 spiro atoms. The maximum absolute atomic E-state index is 10.7. The Morgan fingerprint density at radius 1 is 1.45 bits per heavy atom. The Kier molecular flexibility index (Phi) is 3.29. The maximum Gasteiger partial charge on any atom is 0.0899 e. The second-order valence-electron chi connectivity index (χ2n) is 3.57. The molecule has 4 nitrogen and oxygen atoms in total. The summed E-state index contributed by atoms with van der Waals surface area (Å²) < 4.78 is 0. The first-order chi connectivity index (χ1) is 4.89. The van der Waals surface area contributed by atoms with Crippen LogP contribution in [0.3, 0.4) is 0 Å². The van der Waals surface area contributed by atoms with E-state index >= 15 is 0 Å². The number of rotatable bonds is 3. The maximum atomic E-state index is 10.7. The van der Waals surface area contributed by atoms with Gasteiger partial charge in [-0.25, -0.2) is 0 Å². The van der Waals surface area contributed by atoms with Crippen molar-refractivity contribution in [3.05, 3.63) is 5.21 Å². The second kappa shape index (κ2) is 3.55. The summed E-state index contributed by atoms with van der Waals surface area (Å²) in [6.07, 6.45) is 0.884.